The normalized spacial score (nSPS) is 12.2. The lowest BCUT2D eigenvalue weighted by atomic mass is 10.2. The maximum Gasteiger partial charge on any atom is 0.277 e. The predicted octanol–water partition coefficient (Wildman–Crippen LogP) is 4.39. The molecule has 2 N–H and O–H groups in total. The minimum Gasteiger partial charge on any atom is -0.411 e. The summed E-state index contributed by atoms with van der Waals surface area (Å²) in [5.41, 5.74) is 1.82. The summed E-state index contributed by atoms with van der Waals surface area (Å²) in [5.74, 6) is 0.616. The van der Waals surface area contributed by atoms with Crippen LogP contribution in [0.2, 0.25) is 5.02 Å². The first-order valence-electron chi connectivity index (χ1n) is 8.09. The Morgan fingerprint density at radius 1 is 1.26 bits per heavy atom. The Labute approximate surface area is 163 Å². The molecule has 136 valence electrons. The molecule has 4 rings (SSSR count). The number of hydrogen-bond donors (Lipinski definition) is 2. The Morgan fingerprint density at radius 2 is 2.11 bits per heavy atom. The molecule has 0 fully saturated rings. The summed E-state index contributed by atoms with van der Waals surface area (Å²) in [6.07, 6.45) is 3.30. The highest BCUT2D eigenvalue weighted by Crippen LogP contribution is 2.30. The summed E-state index contributed by atoms with van der Waals surface area (Å²) in [5, 5.41) is 12.2. The van der Waals surface area contributed by atoms with Crippen LogP contribution in [0.5, 0.6) is 0 Å². The van der Waals surface area contributed by atoms with Gasteiger partial charge in [0.15, 0.2) is 0 Å². The van der Waals surface area contributed by atoms with Gasteiger partial charge in [0.2, 0.25) is 5.91 Å². The van der Waals surface area contributed by atoms with E-state index in [2.05, 4.69) is 25.5 Å². The van der Waals surface area contributed by atoms with E-state index in [1.807, 2.05) is 30.5 Å². The van der Waals surface area contributed by atoms with Gasteiger partial charge in [0, 0.05) is 23.3 Å². The SMILES string of the molecule is C[C@@H](Sc1nnc(-c2c[nH]c3ccccc23)o1)C(=O)Nc1ccc(Cl)cn1. The number of pyridine rings is 1. The number of carbonyl (C=O) groups is 1. The van der Waals surface area contributed by atoms with Crippen molar-refractivity contribution in [2.45, 2.75) is 17.4 Å². The zero-order chi connectivity index (χ0) is 18.8. The number of anilines is 1. The van der Waals surface area contributed by atoms with E-state index < -0.39 is 5.25 Å². The van der Waals surface area contributed by atoms with Crippen LogP contribution in [0.25, 0.3) is 22.4 Å². The van der Waals surface area contributed by atoms with E-state index in [9.17, 15) is 4.79 Å². The second-order valence-corrected chi connectivity index (χ2v) is 7.46. The van der Waals surface area contributed by atoms with Gasteiger partial charge in [-0.05, 0) is 25.1 Å². The molecule has 1 aromatic carbocycles. The highest BCUT2D eigenvalue weighted by atomic mass is 35.5. The molecule has 7 nitrogen and oxygen atoms in total. The summed E-state index contributed by atoms with van der Waals surface area (Å²) in [6, 6.07) is 11.2. The number of halogens is 1. The fourth-order valence-electron chi connectivity index (χ4n) is 2.50. The summed E-state index contributed by atoms with van der Waals surface area (Å²) >= 11 is 6.97. The van der Waals surface area contributed by atoms with Gasteiger partial charge in [-0.3, -0.25) is 4.79 Å². The molecular formula is C18H14ClN5O2S. The molecule has 0 radical (unpaired) electrons. The highest BCUT2D eigenvalue weighted by Gasteiger charge is 2.20. The number of benzene rings is 1. The average Bonchev–Trinajstić information content (AvgIpc) is 3.30. The van der Waals surface area contributed by atoms with Gasteiger partial charge in [0.25, 0.3) is 11.1 Å². The van der Waals surface area contributed by atoms with E-state index >= 15 is 0 Å². The minimum atomic E-state index is -0.446. The van der Waals surface area contributed by atoms with Gasteiger partial charge in [-0.2, -0.15) is 0 Å². The van der Waals surface area contributed by atoms with E-state index in [0.29, 0.717) is 22.0 Å². The first kappa shape index (κ1) is 17.6. The summed E-state index contributed by atoms with van der Waals surface area (Å²) < 4.78 is 5.73. The van der Waals surface area contributed by atoms with E-state index in [-0.39, 0.29) is 5.91 Å². The van der Waals surface area contributed by atoms with Crippen molar-refractivity contribution < 1.29 is 9.21 Å². The van der Waals surface area contributed by atoms with Crippen LogP contribution in [0.3, 0.4) is 0 Å². The predicted molar refractivity (Wildman–Crippen MR) is 105 cm³/mol. The van der Waals surface area contributed by atoms with Crippen molar-refractivity contribution in [3.63, 3.8) is 0 Å². The molecular weight excluding hydrogens is 386 g/mol. The Balaban J connectivity index is 1.45. The molecule has 0 aliphatic carbocycles. The summed E-state index contributed by atoms with van der Waals surface area (Å²) in [7, 11) is 0. The maximum atomic E-state index is 12.3. The van der Waals surface area contributed by atoms with Gasteiger partial charge in [-0.25, -0.2) is 4.98 Å². The minimum absolute atomic E-state index is 0.221. The van der Waals surface area contributed by atoms with E-state index in [1.165, 1.54) is 18.0 Å². The molecule has 0 spiro atoms. The zero-order valence-electron chi connectivity index (χ0n) is 14.1. The fraction of sp³-hybridized carbons (Fsp3) is 0.111. The molecule has 1 atom stereocenters. The van der Waals surface area contributed by atoms with E-state index in [0.717, 1.165) is 16.5 Å². The first-order valence-corrected chi connectivity index (χ1v) is 9.35. The molecule has 1 amide bonds. The quantitative estimate of drug-likeness (QED) is 0.483. The van der Waals surface area contributed by atoms with Crippen LogP contribution in [0.1, 0.15) is 6.92 Å². The Morgan fingerprint density at radius 3 is 2.93 bits per heavy atom. The Kier molecular flexibility index (Phi) is 4.83. The number of nitrogens with one attached hydrogen (secondary N) is 2. The number of aromatic amines is 1. The molecule has 4 aromatic rings. The second-order valence-electron chi connectivity index (χ2n) is 5.73. The van der Waals surface area contributed by atoms with Crippen LogP contribution >= 0.6 is 23.4 Å². The number of hydrogen-bond acceptors (Lipinski definition) is 6. The standard InChI is InChI=1S/C18H14ClN5O2S/c1-10(16(25)22-15-7-6-11(19)8-21-15)27-18-24-23-17(26-18)13-9-20-14-5-3-2-4-12(13)14/h2-10,20H,1H3,(H,21,22,25)/t10-/m1/s1. The lowest BCUT2D eigenvalue weighted by molar-refractivity contribution is -0.115. The fourth-order valence-corrected chi connectivity index (χ4v) is 3.29. The molecule has 0 saturated heterocycles. The monoisotopic (exact) mass is 399 g/mol. The largest absolute Gasteiger partial charge is 0.411 e. The lowest BCUT2D eigenvalue weighted by Gasteiger charge is -2.09. The molecule has 3 heterocycles. The van der Waals surface area contributed by atoms with Crippen LogP contribution in [0, 0.1) is 0 Å². The first-order chi connectivity index (χ1) is 13.1. The van der Waals surface area contributed by atoms with Crippen molar-refractivity contribution in [2.75, 3.05) is 5.32 Å². The Bertz CT molecular complexity index is 1090. The third kappa shape index (κ3) is 3.81. The highest BCUT2D eigenvalue weighted by molar-refractivity contribution is 8.00. The van der Waals surface area contributed by atoms with Crippen molar-refractivity contribution in [2.24, 2.45) is 0 Å². The van der Waals surface area contributed by atoms with Gasteiger partial charge in [-0.15, -0.1) is 10.2 Å². The summed E-state index contributed by atoms with van der Waals surface area (Å²) in [6.45, 7) is 1.76. The molecule has 0 aliphatic heterocycles. The number of amides is 1. The summed E-state index contributed by atoms with van der Waals surface area (Å²) in [4.78, 5) is 19.5. The average molecular weight is 400 g/mol. The topological polar surface area (TPSA) is 96.7 Å². The smallest absolute Gasteiger partial charge is 0.277 e. The molecule has 3 aromatic heterocycles. The molecule has 0 saturated carbocycles. The Hall–Kier alpha value is -2.84. The van der Waals surface area contributed by atoms with Crippen LogP contribution in [-0.2, 0) is 4.79 Å². The van der Waals surface area contributed by atoms with Gasteiger partial charge in [0.1, 0.15) is 5.82 Å². The number of H-pyrrole nitrogens is 1. The molecule has 9 heteroatoms. The number of thioether (sulfide) groups is 1. The zero-order valence-corrected chi connectivity index (χ0v) is 15.7. The number of nitrogens with zero attached hydrogens (tertiary/aromatic N) is 3. The van der Waals surface area contributed by atoms with Gasteiger partial charge >= 0.3 is 0 Å². The lowest BCUT2D eigenvalue weighted by Crippen LogP contribution is -2.22. The van der Waals surface area contributed by atoms with Gasteiger partial charge in [-0.1, -0.05) is 41.6 Å². The number of para-hydroxylation sites is 1. The van der Waals surface area contributed by atoms with Crippen molar-refractivity contribution in [1.29, 1.82) is 0 Å². The molecule has 27 heavy (non-hydrogen) atoms. The van der Waals surface area contributed by atoms with E-state index in [1.54, 1.807) is 19.1 Å². The van der Waals surface area contributed by atoms with Crippen molar-refractivity contribution in [3.05, 3.63) is 53.8 Å². The molecule has 0 aliphatic rings. The van der Waals surface area contributed by atoms with Crippen LogP contribution in [-0.4, -0.2) is 31.3 Å². The van der Waals surface area contributed by atoms with Crippen molar-refractivity contribution >= 4 is 46.0 Å². The van der Waals surface area contributed by atoms with E-state index in [4.69, 9.17) is 16.0 Å². The maximum absolute atomic E-state index is 12.3. The second kappa shape index (κ2) is 7.42. The van der Waals surface area contributed by atoms with Crippen LogP contribution in [0.15, 0.2) is 58.4 Å². The number of carbonyl (C=O) groups excluding carboxylic acids is 1. The molecule has 0 unspecified atom stereocenters. The third-order valence-corrected chi connectivity index (χ3v) is 5.01. The number of aromatic nitrogens is 4. The van der Waals surface area contributed by atoms with Gasteiger partial charge < -0.3 is 14.7 Å². The van der Waals surface area contributed by atoms with Gasteiger partial charge in [0.05, 0.1) is 15.8 Å². The van der Waals surface area contributed by atoms with Crippen molar-refractivity contribution in [3.8, 4) is 11.5 Å². The van der Waals surface area contributed by atoms with Crippen LogP contribution < -0.4 is 5.32 Å². The van der Waals surface area contributed by atoms with Crippen LogP contribution in [0.4, 0.5) is 5.82 Å². The molecule has 0 bridgehead atoms. The number of rotatable bonds is 5. The number of fused-ring (bicyclic) bond motifs is 1. The third-order valence-electron chi connectivity index (χ3n) is 3.85. The van der Waals surface area contributed by atoms with Crippen molar-refractivity contribution in [1.82, 2.24) is 20.2 Å².